The second-order valence-corrected chi connectivity index (χ2v) is 9.52. The second-order valence-electron chi connectivity index (χ2n) is 7.62. The van der Waals surface area contributed by atoms with Gasteiger partial charge in [-0.25, -0.2) is 8.42 Å². The summed E-state index contributed by atoms with van der Waals surface area (Å²) in [5, 5.41) is 2.97. The van der Waals surface area contributed by atoms with Gasteiger partial charge in [-0.3, -0.25) is 9.69 Å². The number of nitrogens with zero attached hydrogens (tertiary/aromatic N) is 2. The fourth-order valence-corrected chi connectivity index (χ4v) is 5.74. The highest BCUT2D eigenvalue weighted by Gasteiger charge is 2.30. The molecule has 0 spiro atoms. The molecular weight excluding hydrogens is 398 g/mol. The van der Waals surface area contributed by atoms with Crippen molar-refractivity contribution in [1.82, 2.24) is 9.21 Å². The molecule has 0 aromatic heterocycles. The Morgan fingerprint density at radius 1 is 1.07 bits per heavy atom. The number of sulfonamides is 1. The predicted molar refractivity (Wildman–Crippen MR) is 120 cm³/mol. The van der Waals surface area contributed by atoms with Crippen molar-refractivity contribution in [1.29, 1.82) is 0 Å². The highest BCUT2D eigenvalue weighted by molar-refractivity contribution is 7.89. The number of nitrogens with one attached hydrogen (secondary N) is 1. The van der Waals surface area contributed by atoms with Crippen molar-refractivity contribution in [2.45, 2.75) is 44.6 Å². The van der Waals surface area contributed by atoms with Gasteiger partial charge in [-0.2, -0.15) is 4.31 Å². The molecule has 30 heavy (non-hydrogen) atoms. The Balaban J connectivity index is 1.90. The number of rotatable bonds is 8. The SMILES string of the molecule is CCN(CC)S(=O)(=O)c1cc(NC(=O)C(c2ccccc2)N2CCCC2)ccc1C. The summed E-state index contributed by atoms with van der Waals surface area (Å²) in [5.74, 6) is -0.141. The maximum atomic E-state index is 13.3. The van der Waals surface area contributed by atoms with E-state index in [-0.39, 0.29) is 10.8 Å². The molecule has 3 rings (SSSR count). The van der Waals surface area contributed by atoms with E-state index in [4.69, 9.17) is 0 Å². The van der Waals surface area contributed by atoms with Crippen LogP contribution < -0.4 is 5.32 Å². The van der Waals surface area contributed by atoms with Crippen LogP contribution >= 0.6 is 0 Å². The van der Waals surface area contributed by atoms with Crippen molar-refractivity contribution in [3.63, 3.8) is 0 Å². The van der Waals surface area contributed by atoms with Crippen LogP contribution in [0.2, 0.25) is 0 Å². The second kappa shape index (κ2) is 9.73. The number of carbonyl (C=O) groups excluding carboxylic acids is 1. The van der Waals surface area contributed by atoms with E-state index in [1.54, 1.807) is 25.1 Å². The minimum atomic E-state index is -3.61. The summed E-state index contributed by atoms with van der Waals surface area (Å²) >= 11 is 0. The van der Waals surface area contributed by atoms with E-state index in [0.29, 0.717) is 24.3 Å². The first-order valence-electron chi connectivity index (χ1n) is 10.6. The normalized spacial score (nSPS) is 16.0. The predicted octanol–water partition coefficient (Wildman–Crippen LogP) is 3.80. The van der Waals surface area contributed by atoms with E-state index in [1.165, 1.54) is 4.31 Å². The first-order chi connectivity index (χ1) is 14.4. The Labute approximate surface area is 179 Å². The largest absolute Gasteiger partial charge is 0.324 e. The number of amides is 1. The van der Waals surface area contributed by atoms with Gasteiger partial charge in [-0.05, 0) is 56.1 Å². The summed E-state index contributed by atoms with van der Waals surface area (Å²) in [6, 6.07) is 14.4. The van der Waals surface area contributed by atoms with Crippen LogP contribution in [0, 0.1) is 6.92 Å². The summed E-state index contributed by atoms with van der Waals surface area (Å²) in [7, 11) is -3.61. The molecule has 1 N–H and O–H groups in total. The zero-order valence-corrected chi connectivity index (χ0v) is 18.8. The van der Waals surface area contributed by atoms with E-state index in [1.807, 2.05) is 44.2 Å². The van der Waals surface area contributed by atoms with Crippen molar-refractivity contribution in [3.8, 4) is 0 Å². The van der Waals surface area contributed by atoms with Crippen LogP contribution in [0.15, 0.2) is 53.4 Å². The average Bonchev–Trinajstić information content (AvgIpc) is 3.25. The first kappa shape index (κ1) is 22.5. The number of carbonyl (C=O) groups is 1. The first-order valence-corrected chi connectivity index (χ1v) is 12.0. The van der Waals surface area contributed by atoms with Crippen LogP contribution in [0.4, 0.5) is 5.69 Å². The van der Waals surface area contributed by atoms with Gasteiger partial charge in [0.2, 0.25) is 15.9 Å². The molecule has 6 nitrogen and oxygen atoms in total. The molecule has 2 aromatic carbocycles. The highest BCUT2D eigenvalue weighted by atomic mass is 32.2. The molecule has 1 fully saturated rings. The molecule has 1 aliphatic rings. The van der Waals surface area contributed by atoms with Crippen LogP contribution in [0.1, 0.15) is 43.9 Å². The smallest absolute Gasteiger partial charge is 0.246 e. The van der Waals surface area contributed by atoms with E-state index in [0.717, 1.165) is 31.5 Å². The summed E-state index contributed by atoms with van der Waals surface area (Å²) in [5.41, 5.74) is 2.11. The molecule has 2 aromatic rings. The minimum Gasteiger partial charge on any atom is -0.324 e. The Bertz CT molecular complexity index is 966. The zero-order valence-electron chi connectivity index (χ0n) is 18.0. The maximum Gasteiger partial charge on any atom is 0.246 e. The van der Waals surface area contributed by atoms with Gasteiger partial charge in [0.15, 0.2) is 0 Å². The van der Waals surface area contributed by atoms with Crippen LogP contribution in [-0.2, 0) is 14.8 Å². The zero-order chi connectivity index (χ0) is 21.7. The van der Waals surface area contributed by atoms with Crippen molar-refractivity contribution in [2.24, 2.45) is 0 Å². The topological polar surface area (TPSA) is 69.7 Å². The summed E-state index contributed by atoms with van der Waals surface area (Å²) in [6.45, 7) is 7.98. The molecule has 0 bridgehead atoms. The van der Waals surface area contributed by atoms with Crippen LogP contribution in [0.25, 0.3) is 0 Å². The quantitative estimate of drug-likeness (QED) is 0.693. The molecule has 162 valence electrons. The number of hydrogen-bond acceptors (Lipinski definition) is 4. The minimum absolute atomic E-state index is 0.141. The lowest BCUT2D eigenvalue weighted by Gasteiger charge is -2.27. The van der Waals surface area contributed by atoms with E-state index in [9.17, 15) is 13.2 Å². The van der Waals surface area contributed by atoms with Gasteiger partial charge in [-0.1, -0.05) is 50.2 Å². The molecule has 1 amide bonds. The molecule has 1 aliphatic heterocycles. The lowest BCUT2D eigenvalue weighted by atomic mass is 10.0. The third-order valence-corrected chi connectivity index (χ3v) is 7.84. The monoisotopic (exact) mass is 429 g/mol. The fraction of sp³-hybridized carbons (Fsp3) is 0.435. The van der Waals surface area contributed by atoms with Crippen molar-refractivity contribution < 1.29 is 13.2 Å². The number of hydrogen-bond donors (Lipinski definition) is 1. The average molecular weight is 430 g/mol. The van der Waals surface area contributed by atoms with Gasteiger partial charge in [-0.15, -0.1) is 0 Å². The van der Waals surface area contributed by atoms with Gasteiger partial charge in [0.25, 0.3) is 0 Å². The van der Waals surface area contributed by atoms with Crippen molar-refractivity contribution >= 4 is 21.6 Å². The van der Waals surface area contributed by atoms with Gasteiger partial charge < -0.3 is 5.32 Å². The van der Waals surface area contributed by atoms with Gasteiger partial charge >= 0.3 is 0 Å². The Hall–Kier alpha value is -2.22. The third-order valence-electron chi connectivity index (χ3n) is 5.65. The summed E-state index contributed by atoms with van der Waals surface area (Å²) in [6.07, 6.45) is 2.15. The van der Waals surface area contributed by atoms with Gasteiger partial charge in [0.1, 0.15) is 6.04 Å². The maximum absolute atomic E-state index is 13.3. The standard InChI is InChI=1S/C23H31N3O3S/c1-4-26(5-2)30(28,29)21-17-20(14-13-18(21)3)24-23(27)22(25-15-9-10-16-25)19-11-7-6-8-12-19/h6-8,11-14,17,22H,4-5,9-10,15-16H2,1-3H3,(H,24,27). The van der Waals surface area contributed by atoms with Crippen LogP contribution in [0.5, 0.6) is 0 Å². The molecular formula is C23H31N3O3S. The highest BCUT2D eigenvalue weighted by Crippen LogP contribution is 2.28. The molecule has 0 saturated carbocycles. The lowest BCUT2D eigenvalue weighted by molar-refractivity contribution is -0.121. The summed E-state index contributed by atoms with van der Waals surface area (Å²) in [4.78, 5) is 15.7. The number of anilines is 1. The van der Waals surface area contributed by atoms with E-state index < -0.39 is 16.1 Å². The van der Waals surface area contributed by atoms with Gasteiger partial charge in [0, 0.05) is 18.8 Å². The van der Waals surface area contributed by atoms with Crippen molar-refractivity contribution in [3.05, 3.63) is 59.7 Å². The number of likely N-dealkylation sites (tertiary alicyclic amines) is 1. The molecule has 0 aliphatic carbocycles. The fourth-order valence-electron chi connectivity index (χ4n) is 4.03. The van der Waals surface area contributed by atoms with Gasteiger partial charge in [0.05, 0.1) is 4.90 Å². The molecule has 1 heterocycles. The Morgan fingerprint density at radius 3 is 2.30 bits per heavy atom. The molecule has 0 radical (unpaired) electrons. The van der Waals surface area contributed by atoms with E-state index in [2.05, 4.69) is 10.2 Å². The molecule has 1 unspecified atom stereocenters. The van der Waals surface area contributed by atoms with Crippen molar-refractivity contribution in [2.75, 3.05) is 31.5 Å². The Morgan fingerprint density at radius 2 is 1.70 bits per heavy atom. The molecule has 1 atom stereocenters. The Kier molecular flexibility index (Phi) is 7.28. The lowest BCUT2D eigenvalue weighted by Crippen LogP contribution is -2.35. The summed E-state index contributed by atoms with van der Waals surface area (Å²) < 4.78 is 27.5. The number of aryl methyl sites for hydroxylation is 1. The molecule has 7 heteroatoms. The van der Waals surface area contributed by atoms with E-state index >= 15 is 0 Å². The van der Waals surface area contributed by atoms with Crippen LogP contribution in [-0.4, -0.2) is 49.7 Å². The third kappa shape index (κ3) is 4.74. The number of benzene rings is 2. The van der Waals surface area contributed by atoms with Crippen LogP contribution in [0.3, 0.4) is 0 Å². The molecule has 1 saturated heterocycles.